The topological polar surface area (TPSA) is 97.8 Å². The van der Waals surface area contributed by atoms with Gasteiger partial charge in [0, 0.05) is 32.0 Å². The fourth-order valence-corrected chi connectivity index (χ4v) is 2.15. The number of nitrogens with zero attached hydrogens (tertiary/aromatic N) is 1. The molecule has 116 valence electrons. The molecule has 0 bridgehead atoms. The Kier molecular flexibility index (Phi) is 5.77. The maximum absolute atomic E-state index is 12.0. The highest BCUT2D eigenvalue weighted by atomic mass is 16.5. The van der Waals surface area contributed by atoms with Crippen molar-refractivity contribution in [1.82, 2.24) is 10.2 Å². The molecule has 1 atom stereocenters. The minimum atomic E-state index is -0.475. The SMILES string of the molecule is N[C@@H](CC(=O)NCc1ccco1)CC(=O)N1CCOCC1. The summed E-state index contributed by atoms with van der Waals surface area (Å²) >= 11 is 0. The maximum Gasteiger partial charge on any atom is 0.224 e. The van der Waals surface area contributed by atoms with Crippen molar-refractivity contribution < 1.29 is 18.7 Å². The van der Waals surface area contributed by atoms with E-state index < -0.39 is 6.04 Å². The molecule has 0 aromatic carbocycles. The average molecular weight is 295 g/mol. The van der Waals surface area contributed by atoms with Crippen LogP contribution in [-0.2, 0) is 20.9 Å². The third kappa shape index (κ3) is 5.20. The standard InChI is InChI=1S/C14H21N3O4/c15-11(9-14(19)17-3-6-20-7-4-17)8-13(18)16-10-12-2-1-5-21-12/h1-2,5,11H,3-4,6-10,15H2,(H,16,18)/t11-/m0/s1. The van der Waals surface area contributed by atoms with E-state index in [0.29, 0.717) is 38.6 Å². The summed E-state index contributed by atoms with van der Waals surface area (Å²) in [7, 11) is 0. The number of furan rings is 1. The molecule has 7 nitrogen and oxygen atoms in total. The zero-order chi connectivity index (χ0) is 15.1. The molecule has 2 amide bonds. The number of hydrogen-bond donors (Lipinski definition) is 2. The molecule has 1 aromatic rings. The summed E-state index contributed by atoms with van der Waals surface area (Å²) in [4.78, 5) is 25.4. The molecule has 0 unspecified atom stereocenters. The molecule has 0 radical (unpaired) electrons. The number of carbonyl (C=O) groups is 2. The summed E-state index contributed by atoms with van der Waals surface area (Å²) in [6.45, 7) is 2.64. The van der Waals surface area contributed by atoms with Crippen molar-refractivity contribution in [3.63, 3.8) is 0 Å². The first kappa shape index (κ1) is 15.5. The minimum absolute atomic E-state index is 0.0235. The summed E-state index contributed by atoms with van der Waals surface area (Å²) in [5.41, 5.74) is 5.87. The van der Waals surface area contributed by atoms with Crippen molar-refractivity contribution in [2.24, 2.45) is 5.73 Å². The van der Waals surface area contributed by atoms with Gasteiger partial charge in [-0.3, -0.25) is 9.59 Å². The van der Waals surface area contributed by atoms with Gasteiger partial charge in [0.05, 0.1) is 26.0 Å². The van der Waals surface area contributed by atoms with Gasteiger partial charge in [0.1, 0.15) is 5.76 Å². The second-order valence-electron chi connectivity index (χ2n) is 5.02. The molecule has 0 aliphatic carbocycles. The van der Waals surface area contributed by atoms with Gasteiger partial charge in [-0.1, -0.05) is 0 Å². The van der Waals surface area contributed by atoms with Crippen molar-refractivity contribution in [3.05, 3.63) is 24.2 Å². The van der Waals surface area contributed by atoms with Gasteiger partial charge in [-0.2, -0.15) is 0 Å². The van der Waals surface area contributed by atoms with E-state index in [1.165, 1.54) is 0 Å². The van der Waals surface area contributed by atoms with Crippen LogP contribution in [-0.4, -0.2) is 49.1 Å². The first-order valence-corrected chi connectivity index (χ1v) is 7.05. The second-order valence-corrected chi connectivity index (χ2v) is 5.02. The minimum Gasteiger partial charge on any atom is -0.467 e. The number of rotatable bonds is 6. The van der Waals surface area contributed by atoms with Crippen molar-refractivity contribution in [3.8, 4) is 0 Å². The molecule has 2 heterocycles. The van der Waals surface area contributed by atoms with E-state index in [4.69, 9.17) is 14.9 Å². The highest BCUT2D eigenvalue weighted by Gasteiger charge is 2.20. The summed E-state index contributed by atoms with van der Waals surface area (Å²) in [6, 6.07) is 3.06. The third-order valence-corrected chi connectivity index (χ3v) is 3.29. The number of carbonyl (C=O) groups excluding carboxylic acids is 2. The zero-order valence-electron chi connectivity index (χ0n) is 11.9. The highest BCUT2D eigenvalue weighted by molar-refractivity contribution is 5.80. The number of morpholine rings is 1. The summed E-state index contributed by atoms with van der Waals surface area (Å²) in [5, 5.41) is 2.71. The van der Waals surface area contributed by atoms with E-state index in [2.05, 4.69) is 5.32 Å². The Hall–Kier alpha value is -1.86. The van der Waals surface area contributed by atoms with Crippen molar-refractivity contribution in [1.29, 1.82) is 0 Å². The molecular formula is C14H21N3O4. The number of nitrogens with two attached hydrogens (primary N) is 1. The monoisotopic (exact) mass is 295 g/mol. The number of amides is 2. The van der Waals surface area contributed by atoms with Crippen molar-refractivity contribution in [2.75, 3.05) is 26.3 Å². The molecule has 3 N–H and O–H groups in total. The predicted octanol–water partition coefficient (Wildman–Crippen LogP) is -0.138. The summed E-state index contributed by atoms with van der Waals surface area (Å²) in [5.74, 6) is 0.472. The number of nitrogens with one attached hydrogen (secondary N) is 1. The van der Waals surface area contributed by atoms with Crippen LogP contribution in [0.4, 0.5) is 0 Å². The molecule has 1 aliphatic rings. The lowest BCUT2D eigenvalue weighted by Crippen LogP contribution is -2.43. The fraction of sp³-hybridized carbons (Fsp3) is 0.571. The lowest BCUT2D eigenvalue weighted by Gasteiger charge is -2.27. The largest absolute Gasteiger partial charge is 0.467 e. The van der Waals surface area contributed by atoms with E-state index in [1.54, 1.807) is 23.3 Å². The van der Waals surface area contributed by atoms with Crippen LogP contribution < -0.4 is 11.1 Å². The maximum atomic E-state index is 12.0. The van der Waals surface area contributed by atoms with Gasteiger partial charge in [0.15, 0.2) is 0 Å². The van der Waals surface area contributed by atoms with Crippen LogP contribution in [0.15, 0.2) is 22.8 Å². The molecule has 1 aromatic heterocycles. The fourth-order valence-electron chi connectivity index (χ4n) is 2.15. The van der Waals surface area contributed by atoms with Gasteiger partial charge in [-0.15, -0.1) is 0 Å². The normalized spacial score (nSPS) is 16.5. The van der Waals surface area contributed by atoms with Crippen molar-refractivity contribution in [2.45, 2.75) is 25.4 Å². The van der Waals surface area contributed by atoms with Gasteiger partial charge in [0.2, 0.25) is 11.8 Å². The molecule has 0 spiro atoms. The van der Waals surface area contributed by atoms with Gasteiger partial charge in [0.25, 0.3) is 0 Å². The summed E-state index contributed by atoms with van der Waals surface area (Å²) in [6.07, 6.45) is 1.85. The first-order chi connectivity index (χ1) is 10.1. The Morgan fingerprint density at radius 3 is 2.76 bits per heavy atom. The van der Waals surface area contributed by atoms with E-state index >= 15 is 0 Å². The first-order valence-electron chi connectivity index (χ1n) is 7.05. The van der Waals surface area contributed by atoms with Gasteiger partial charge < -0.3 is 25.1 Å². The molecule has 7 heteroatoms. The smallest absolute Gasteiger partial charge is 0.224 e. The van der Waals surface area contributed by atoms with E-state index in [1.807, 2.05) is 0 Å². The highest BCUT2D eigenvalue weighted by Crippen LogP contribution is 2.04. The average Bonchev–Trinajstić information content (AvgIpc) is 2.99. The van der Waals surface area contributed by atoms with E-state index in [9.17, 15) is 9.59 Å². The number of ether oxygens (including phenoxy) is 1. The number of hydrogen-bond acceptors (Lipinski definition) is 5. The van der Waals surface area contributed by atoms with Crippen LogP contribution >= 0.6 is 0 Å². The molecule has 2 rings (SSSR count). The Morgan fingerprint density at radius 1 is 1.33 bits per heavy atom. The van der Waals surface area contributed by atoms with Crippen LogP contribution in [0.3, 0.4) is 0 Å². The zero-order valence-corrected chi connectivity index (χ0v) is 11.9. The van der Waals surface area contributed by atoms with Crippen molar-refractivity contribution >= 4 is 11.8 Å². The van der Waals surface area contributed by atoms with Gasteiger partial charge >= 0.3 is 0 Å². The lowest BCUT2D eigenvalue weighted by molar-refractivity contribution is -0.135. The van der Waals surface area contributed by atoms with Gasteiger partial charge in [-0.25, -0.2) is 0 Å². The quantitative estimate of drug-likeness (QED) is 0.761. The molecule has 1 saturated heterocycles. The molecule has 1 fully saturated rings. The van der Waals surface area contributed by atoms with Crippen LogP contribution in [0.5, 0.6) is 0 Å². The van der Waals surface area contributed by atoms with E-state index in [-0.39, 0.29) is 24.7 Å². The van der Waals surface area contributed by atoms with Crippen LogP contribution in [0.1, 0.15) is 18.6 Å². The molecular weight excluding hydrogens is 274 g/mol. The van der Waals surface area contributed by atoms with Gasteiger partial charge in [-0.05, 0) is 12.1 Å². The Balaban J connectivity index is 1.66. The molecule has 1 aliphatic heterocycles. The van der Waals surface area contributed by atoms with E-state index in [0.717, 1.165) is 0 Å². The Bertz CT molecular complexity index is 455. The third-order valence-electron chi connectivity index (χ3n) is 3.29. The van der Waals surface area contributed by atoms with Crippen LogP contribution in [0.2, 0.25) is 0 Å². The summed E-state index contributed by atoms with van der Waals surface area (Å²) < 4.78 is 10.3. The van der Waals surface area contributed by atoms with Crippen LogP contribution in [0.25, 0.3) is 0 Å². The predicted molar refractivity (Wildman–Crippen MR) is 75.2 cm³/mol. The molecule has 21 heavy (non-hydrogen) atoms. The Labute approximate surface area is 123 Å². The van der Waals surface area contributed by atoms with Crippen LogP contribution in [0, 0.1) is 0 Å². The molecule has 0 saturated carbocycles. The Morgan fingerprint density at radius 2 is 2.10 bits per heavy atom. The second kappa shape index (κ2) is 7.80. The lowest BCUT2D eigenvalue weighted by atomic mass is 10.1.